The number of urea groups is 1. The first-order chi connectivity index (χ1) is 9.43. The number of aromatic nitrogens is 2. The molecule has 2 amide bonds. The van der Waals surface area contributed by atoms with Gasteiger partial charge in [-0.3, -0.25) is 9.48 Å². The van der Waals surface area contributed by atoms with E-state index in [1.807, 2.05) is 33.2 Å². The second-order valence-corrected chi connectivity index (χ2v) is 4.74. The maximum atomic E-state index is 12.0. The quantitative estimate of drug-likeness (QED) is 0.776. The minimum absolute atomic E-state index is 0.110. The summed E-state index contributed by atoms with van der Waals surface area (Å²) in [5.74, 6) is -1.01. The number of nitrogens with one attached hydrogen (secondary N) is 1. The average Bonchev–Trinajstić information content (AvgIpc) is 2.80. The second-order valence-electron chi connectivity index (χ2n) is 4.74. The van der Waals surface area contributed by atoms with Crippen molar-refractivity contribution >= 4 is 12.0 Å². The number of aliphatic carboxylic acids is 1. The molecule has 0 saturated carbocycles. The number of nitrogens with zero attached hydrogens (tertiary/aromatic N) is 3. The Kier molecular flexibility index (Phi) is 6.02. The Morgan fingerprint density at radius 2 is 2.25 bits per heavy atom. The molecule has 0 aliphatic heterocycles. The highest BCUT2D eigenvalue weighted by Gasteiger charge is 2.21. The summed E-state index contributed by atoms with van der Waals surface area (Å²) in [6.07, 6.45) is 3.17. The molecule has 1 aromatic heterocycles. The molecule has 0 radical (unpaired) electrons. The Morgan fingerprint density at radius 1 is 1.55 bits per heavy atom. The van der Waals surface area contributed by atoms with Gasteiger partial charge in [0.25, 0.3) is 0 Å². The monoisotopic (exact) mass is 282 g/mol. The van der Waals surface area contributed by atoms with Crippen molar-refractivity contribution in [1.82, 2.24) is 20.0 Å². The second kappa shape index (κ2) is 7.52. The fourth-order valence-electron chi connectivity index (χ4n) is 1.79. The number of carboxylic acid groups (broad SMARTS) is 1. The van der Waals surface area contributed by atoms with Gasteiger partial charge in [-0.15, -0.1) is 0 Å². The summed E-state index contributed by atoms with van der Waals surface area (Å²) < 4.78 is 1.70. The molecule has 1 rings (SSSR count). The predicted molar refractivity (Wildman–Crippen MR) is 74.4 cm³/mol. The molecule has 0 bridgehead atoms. The number of hydrogen-bond donors (Lipinski definition) is 2. The molecule has 2 N–H and O–H groups in total. The molecule has 1 heterocycles. The van der Waals surface area contributed by atoms with Crippen LogP contribution >= 0.6 is 0 Å². The molecule has 7 heteroatoms. The SMILES string of the molecule is CCC(C)N(CC(=O)O)C(=O)NCCc1ccn(C)n1. The Hall–Kier alpha value is -2.05. The number of carbonyl (C=O) groups is 2. The van der Waals surface area contributed by atoms with Crippen LogP contribution in [-0.4, -0.2) is 50.9 Å². The molecule has 112 valence electrons. The van der Waals surface area contributed by atoms with Crippen molar-refractivity contribution in [3.8, 4) is 0 Å². The molecule has 1 aromatic rings. The van der Waals surface area contributed by atoms with Gasteiger partial charge < -0.3 is 15.3 Å². The third-order valence-electron chi connectivity index (χ3n) is 3.12. The molecule has 1 unspecified atom stereocenters. The highest BCUT2D eigenvalue weighted by Crippen LogP contribution is 2.04. The number of hydrogen-bond acceptors (Lipinski definition) is 3. The number of rotatable bonds is 7. The number of carboxylic acids is 1. The number of carbonyl (C=O) groups excluding carboxylic acids is 1. The van der Waals surface area contributed by atoms with E-state index in [1.165, 1.54) is 4.90 Å². The van der Waals surface area contributed by atoms with Crippen molar-refractivity contribution < 1.29 is 14.7 Å². The van der Waals surface area contributed by atoms with Gasteiger partial charge >= 0.3 is 12.0 Å². The van der Waals surface area contributed by atoms with E-state index < -0.39 is 5.97 Å². The zero-order valence-corrected chi connectivity index (χ0v) is 12.2. The van der Waals surface area contributed by atoms with Crippen molar-refractivity contribution in [2.75, 3.05) is 13.1 Å². The minimum atomic E-state index is -1.01. The van der Waals surface area contributed by atoms with Crippen LogP contribution in [0.3, 0.4) is 0 Å². The van der Waals surface area contributed by atoms with Crippen LogP contribution < -0.4 is 5.32 Å². The predicted octanol–water partition coefficient (Wildman–Crippen LogP) is 0.857. The van der Waals surface area contributed by atoms with Crippen LogP contribution in [0.1, 0.15) is 26.0 Å². The molecule has 1 atom stereocenters. The highest BCUT2D eigenvalue weighted by atomic mass is 16.4. The maximum Gasteiger partial charge on any atom is 0.323 e. The first kappa shape index (κ1) is 16.0. The van der Waals surface area contributed by atoms with Gasteiger partial charge in [0.2, 0.25) is 0 Å². The Bertz CT molecular complexity index is 458. The molecule has 20 heavy (non-hydrogen) atoms. The summed E-state index contributed by atoms with van der Waals surface area (Å²) in [4.78, 5) is 24.1. The summed E-state index contributed by atoms with van der Waals surface area (Å²) in [7, 11) is 1.83. The third kappa shape index (κ3) is 4.91. The van der Waals surface area contributed by atoms with Crippen molar-refractivity contribution in [1.29, 1.82) is 0 Å². The van der Waals surface area contributed by atoms with Crippen LogP contribution in [-0.2, 0) is 18.3 Å². The van der Waals surface area contributed by atoms with Crippen molar-refractivity contribution in [2.24, 2.45) is 7.05 Å². The lowest BCUT2D eigenvalue weighted by atomic mass is 10.2. The van der Waals surface area contributed by atoms with E-state index in [2.05, 4.69) is 10.4 Å². The van der Waals surface area contributed by atoms with E-state index in [-0.39, 0.29) is 18.6 Å². The molecular formula is C13H22N4O3. The van der Waals surface area contributed by atoms with Gasteiger partial charge in [-0.1, -0.05) is 6.92 Å². The van der Waals surface area contributed by atoms with E-state index in [4.69, 9.17) is 5.11 Å². The van der Waals surface area contributed by atoms with E-state index in [0.29, 0.717) is 19.4 Å². The first-order valence-corrected chi connectivity index (χ1v) is 6.68. The van der Waals surface area contributed by atoms with Gasteiger partial charge in [-0.25, -0.2) is 4.79 Å². The van der Waals surface area contributed by atoms with E-state index in [1.54, 1.807) is 4.68 Å². The molecule has 0 aromatic carbocycles. The van der Waals surface area contributed by atoms with Crippen molar-refractivity contribution in [3.63, 3.8) is 0 Å². The van der Waals surface area contributed by atoms with Gasteiger partial charge in [0.15, 0.2) is 0 Å². The fraction of sp³-hybridized carbons (Fsp3) is 0.615. The Labute approximate surface area is 118 Å². The topological polar surface area (TPSA) is 87.5 Å². The fourth-order valence-corrected chi connectivity index (χ4v) is 1.79. The lowest BCUT2D eigenvalue weighted by Crippen LogP contribution is -2.47. The third-order valence-corrected chi connectivity index (χ3v) is 3.12. The Balaban J connectivity index is 2.47. The van der Waals surface area contributed by atoms with Crippen LogP contribution in [0.5, 0.6) is 0 Å². The summed E-state index contributed by atoms with van der Waals surface area (Å²) in [6, 6.07) is 1.43. The standard InChI is InChI=1S/C13H22N4O3/c1-4-10(2)17(9-12(18)19)13(20)14-7-5-11-6-8-16(3)15-11/h6,8,10H,4-5,7,9H2,1-3H3,(H,14,20)(H,18,19). The molecule has 0 fully saturated rings. The average molecular weight is 282 g/mol. The van der Waals surface area contributed by atoms with Crippen LogP contribution in [0.4, 0.5) is 4.79 Å². The largest absolute Gasteiger partial charge is 0.480 e. The molecule has 0 aliphatic rings. The first-order valence-electron chi connectivity index (χ1n) is 6.68. The molecule has 7 nitrogen and oxygen atoms in total. The normalized spacial score (nSPS) is 11.9. The van der Waals surface area contributed by atoms with Crippen LogP contribution in [0.15, 0.2) is 12.3 Å². The number of amides is 2. The van der Waals surface area contributed by atoms with Crippen molar-refractivity contribution in [3.05, 3.63) is 18.0 Å². The van der Waals surface area contributed by atoms with Crippen molar-refractivity contribution in [2.45, 2.75) is 32.7 Å². The summed E-state index contributed by atoms with van der Waals surface area (Å²) in [5.41, 5.74) is 0.890. The van der Waals surface area contributed by atoms with Gasteiger partial charge in [0.05, 0.1) is 5.69 Å². The zero-order chi connectivity index (χ0) is 15.1. The van der Waals surface area contributed by atoms with E-state index in [0.717, 1.165) is 5.69 Å². The maximum absolute atomic E-state index is 12.0. The summed E-state index contributed by atoms with van der Waals surface area (Å²) in [6.45, 7) is 3.90. The lowest BCUT2D eigenvalue weighted by molar-refractivity contribution is -0.138. The smallest absolute Gasteiger partial charge is 0.323 e. The Morgan fingerprint density at radius 3 is 2.75 bits per heavy atom. The van der Waals surface area contributed by atoms with Gasteiger partial charge in [-0.05, 0) is 19.4 Å². The lowest BCUT2D eigenvalue weighted by Gasteiger charge is -2.27. The molecular weight excluding hydrogens is 260 g/mol. The number of aryl methyl sites for hydroxylation is 1. The van der Waals surface area contributed by atoms with Gasteiger partial charge in [-0.2, -0.15) is 5.10 Å². The van der Waals surface area contributed by atoms with E-state index in [9.17, 15) is 9.59 Å². The highest BCUT2D eigenvalue weighted by molar-refractivity contribution is 5.80. The van der Waals surface area contributed by atoms with Crippen LogP contribution in [0.25, 0.3) is 0 Å². The van der Waals surface area contributed by atoms with Crippen LogP contribution in [0, 0.1) is 0 Å². The summed E-state index contributed by atoms with van der Waals surface area (Å²) in [5, 5.41) is 15.8. The van der Waals surface area contributed by atoms with Crippen LogP contribution in [0.2, 0.25) is 0 Å². The summed E-state index contributed by atoms with van der Waals surface area (Å²) >= 11 is 0. The molecule has 0 saturated heterocycles. The minimum Gasteiger partial charge on any atom is -0.480 e. The van der Waals surface area contributed by atoms with Gasteiger partial charge in [0, 0.05) is 32.3 Å². The zero-order valence-electron chi connectivity index (χ0n) is 12.2. The van der Waals surface area contributed by atoms with E-state index >= 15 is 0 Å². The molecule has 0 spiro atoms. The molecule has 0 aliphatic carbocycles. The van der Waals surface area contributed by atoms with Gasteiger partial charge in [0.1, 0.15) is 6.54 Å².